The Morgan fingerprint density at radius 3 is 2.57 bits per heavy atom. The van der Waals surface area contributed by atoms with E-state index in [4.69, 9.17) is 0 Å². The van der Waals surface area contributed by atoms with Crippen molar-refractivity contribution in [3.8, 4) is 5.69 Å². The van der Waals surface area contributed by atoms with Crippen molar-refractivity contribution < 1.29 is 13.2 Å². The zero-order valence-electron chi connectivity index (χ0n) is 12.2. The number of aromatic nitrogens is 2. The highest BCUT2D eigenvalue weighted by molar-refractivity contribution is 5.40. The third-order valence-corrected chi connectivity index (χ3v) is 3.22. The topological polar surface area (TPSA) is 29.9 Å². The molecule has 0 radical (unpaired) electrons. The van der Waals surface area contributed by atoms with Crippen LogP contribution in [0.5, 0.6) is 0 Å². The Hall–Kier alpha value is -1.82. The van der Waals surface area contributed by atoms with Crippen LogP contribution in [-0.2, 0) is 12.7 Å². The van der Waals surface area contributed by atoms with E-state index in [9.17, 15) is 13.2 Å². The van der Waals surface area contributed by atoms with Crippen molar-refractivity contribution in [1.82, 2.24) is 15.1 Å². The van der Waals surface area contributed by atoms with Crippen LogP contribution < -0.4 is 5.32 Å². The summed E-state index contributed by atoms with van der Waals surface area (Å²) in [6.07, 6.45) is -2.65. The van der Waals surface area contributed by atoms with E-state index in [1.165, 1.54) is 6.07 Å². The number of hydrogen-bond donors (Lipinski definition) is 1. The lowest BCUT2D eigenvalue weighted by Gasteiger charge is -2.14. The number of hydrogen-bond acceptors (Lipinski definition) is 2. The Bertz CT molecular complexity index is 615. The van der Waals surface area contributed by atoms with Crippen LogP contribution in [0.1, 0.15) is 36.6 Å². The summed E-state index contributed by atoms with van der Waals surface area (Å²) in [6, 6.07) is 5.23. The van der Waals surface area contributed by atoms with Crippen molar-refractivity contribution in [3.05, 3.63) is 47.3 Å². The Labute approximate surface area is 121 Å². The van der Waals surface area contributed by atoms with Gasteiger partial charge in [0.15, 0.2) is 0 Å². The lowest BCUT2D eigenvalue weighted by Crippen LogP contribution is -2.11. The maximum Gasteiger partial charge on any atom is 0.416 e. The van der Waals surface area contributed by atoms with Crippen LogP contribution in [0.15, 0.2) is 30.5 Å². The third-order valence-electron chi connectivity index (χ3n) is 3.22. The first-order valence-corrected chi connectivity index (χ1v) is 6.73. The van der Waals surface area contributed by atoms with Crippen LogP contribution in [0.3, 0.4) is 0 Å². The summed E-state index contributed by atoms with van der Waals surface area (Å²) < 4.78 is 40.1. The van der Waals surface area contributed by atoms with Gasteiger partial charge in [-0.3, -0.25) is 0 Å². The van der Waals surface area contributed by atoms with E-state index in [1.54, 1.807) is 16.9 Å². The molecule has 0 aliphatic rings. The first kappa shape index (κ1) is 15.6. The number of nitrogens with one attached hydrogen (secondary N) is 1. The molecule has 114 valence electrons. The van der Waals surface area contributed by atoms with Crippen LogP contribution in [0.25, 0.3) is 5.69 Å². The summed E-state index contributed by atoms with van der Waals surface area (Å²) >= 11 is 0. The van der Waals surface area contributed by atoms with E-state index in [1.807, 2.05) is 20.9 Å². The number of alkyl halides is 3. The van der Waals surface area contributed by atoms with Crippen LogP contribution in [0.4, 0.5) is 13.2 Å². The fourth-order valence-electron chi connectivity index (χ4n) is 2.35. The van der Waals surface area contributed by atoms with Crippen LogP contribution in [-0.4, -0.2) is 16.8 Å². The van der Waals surface area contributed by atoms with Gasteiger partial charge >= 0.3 is 6.18 Å². The van der Waals surface area contributed by atoms with Crippen molar-refractivity contribution in [2.24, 2.45) is 0 Å². The molecule has 21 heavy (non-hydrogen) atoms. The molecule has 0 spiro atoms. The molecular formula is C15H18F3N3. The van der Waals surface area contributed by atoms with Crippen LogP contribution in [0.2, 0.25) is 0 Å². The van der Waals surface area contributed by atoms with E-state index < -0.39 is 11.7 Å². The molecule has 1 aromatic heterocycles. The van der Waals surface area contributed by atoms with Crippen LogP contribution in [0, 0.1) is 0 Å². The summed E-state index contributed by atoms with van der Waals surface area (Å²) in [6.45, 7) is 4.63. The van der Waals surface area contributed by atoms with Gasteiger partial charge in [-0.2, -0.15) is 18.3 Å². The fraction of sp³-hybridized carbons (Fsp3) is 0.400. The molecular weight excluding hydrogens is 279 g/mol. The number of benzene rings is 1. The molecule has 2 rings (SSSR count). The van der Waals surface area contributed by atoms with E-state index >= 15 is 0 Å². The van der Waals surface area contributed by atoms with Crippen molar-refractivity contribution in [1.29, 1.82) is 0 Å². The molecule has 1 aromatic carbocycles. The van der Waals surface area contributed by atoms with Gasteiger partial charge < -0.3 is 5.32 Å². The van der Waals surface area contributed by atoms with Crippen molar-refractivity contribution in [2.45, 2.75) is 32.5 Å². The zero-order valence-corrected chi connectivity index (χ0v) is 12.2. The minimum Gasteiger partial charge on any atom is -0.316 e. The number of nitrogens with zero attached hydrogens (tertiary/aromatic N) is 2. The van der Waals surface area contributed by atoms with Gasteiger partial charge in [0, 0.05) is 12.1 Å². The monoisotopic (exact) mass is 297 g/mol. The normalized spacial score (nSPS) is 12.1. The van der Waals surface area contributed by atoms with Gasteiger partial charge in [0.25, 0.3) is 0 Å². The van der Waals surface area contributed by atoms with Gasteiger partial charge in [0.05, 0.1) is 23.1 Å². The second kappa shape index (κ2) is 5.89. The highest BCUT2D eigenvalue weighted by Crippen LogP contribution is 2.31. The summed E-state index contributed by atoms with van der Waals surface area (Å²) in [4.78, 5) is 0. The molecule has 0 unspecified atom stereocenters. The molecule has 1 N–H and O–H groups in total. The standard InChI is InChI=1S/C15H18F3N3/c1-10(2)14-11(8-19-3)9-20-21(14)13-6-4-5-12(7-13)15(16,17)18/h4-7,9-10,19H,8H2,1-3H3. The zero-order chi connectivity index (χ0) is 15.6. The predicted molar refractivity (Wildman–Crippen MR) is 75.4 cm³/mol. The van der Waals surface area contributed by atoms with Crippen LogP contribution >= 0.6 is 0 Å². The SMILES string of the molecule is CNCc1cnn(-c2cccc(C(F)(F)F)c2)c1C(C)C. The highest BCUT2D eigenvalue weighted by atomic mass is 19.4. The number of halogens is 3. The average Bonchev–Trinajstić information content (AvgIpc) is 2.82. The molecule has 0 aliphatic carbocycles. The van der Waals surface area contributed by atoms with Gasteiger partial charge in [0.1, 0.15) is 0 Å². The minimum atomic E-state index is -4.35. The van der Waals surface area contributed by atoms with E-state index in [2.05, 4.69) is 10.4 Å². The van der Waals surface area contributed by atoms with Gasteiger partial charge in [0.2, 0.25) is 0 Å². The maximum atomic E-state index is 12.8. The molecule has 6 heteroatoms. The summed E-state index contributed by atoms with van der Waals surface area (Å²) in [5, 5.41) is 7.31. The molecule has 0 atom stereocenters. The molecule has 0 bridgehead atoms. The highest BCUT2D eigenvalue weighted by Gasteiger charge is 2.30. The van der Waals surface area contributed by atoms with Gasteiger partial charge in [-0.15, -0.1) is 0 Å². The maximum absolute atomic E-state index is 12.8. The lowest BCUT2D eigenvalue weighted by molar-refractivity contribution is -0.137. The predicted octanol–water partition coefficient (Wildman–Crippen LogP) is 3.73. The first-order valence-electron chi connectivity index (χ1n) is 6.73. The average molecular weight is 297 g/mol. The van der Waals surface area contributed by atoms with E-state index in [0.717, 1.165) is 23.4 Å². The molecule has 0 fully saturated rings. The molecule has 0 saturated carbocycles. The molecule has 2 aromatic rings. The van der Waals surface area contributed by atoms with Gasteiger partial charge in [-0.05, 0) is 31.2 Å². The largest absolute Gasteiger partial charge is 0.416 e. The Morgan fingerprint density at radius 1 is 1.29 bits per heavy atom. The van der Waals surface area contributed by atoms with Gasteiger partial charge in [-0.1, -0.05) is 19.9 Å². The van der Waals surface area contributed by atoms with Crippen molar-refractivity contribution in [2.75, 3.05) is 7.05 Å². The van der Waals surface area contributed by atoms with Crippen molar-refractivity contribution >= 4 is 0 Å². The summed E-state index contributed by atoms with van der Waals surface area (Å²) in [5.41, 5.74) is 1.67. The number of rotatable bonds is 4. The fourth-order valence-corrected chi connectivity index (χ4v) is 2.35. The summed E-state index contributed by atoms with van der Waals surface area (Å²) in [5.74, 6) is 0.158. The smallest absolute Gasteiger partial charge is 0.316 e. The molecule has 0 saturated heterocycles. The summed E-state index contributed by atoms with van der Waals surface area (Å²) in [7, 11) is 1.83. The minimum absolute atomic E-state index is 0.158. The lowest BCUT2D eigenvalue weighted by atomic mass is 10.1. The van der Waals surface area contributed by atoms with Gasteiger partial charge in [-0.25, -0.2) is 4.68 Å². The molecule has 3 nitrogen and oxygen atoms in total. The Morgan fingerprint density at radius 2 is 2.00 bits per heavy atom. The molecule has 1 heterocycles. The van der Waals surface area contributed by atoms with Crippen molar-refractivity contribution in [3.63, 3.8) is 0 Å². The Balaban J connectivity index is 2.52. The second-order valence-corrected chi connectivity index (χ2v) is 5.20. The molecule has 0 amide bonds. The second-order valence-electron chi connectivity index (χ2n) is 5.20. The van der Waals surface area contributed by atoms with E-state index in [-0.39, 0.29) is 5.92 Å². The first-order chi connectivity index (χ1) is 9.84. The molecule has 0 aliphatic heterocycles. The third kappa shape index (κ3) is 3.26. The Kier molecular flexibility index (Phi) is 4.37. The quantitative estimate of drug-likeness (QED) is 0.932. The van der Waals surface area contributed by atoms with E-state index in [0.29, 0.717) is 12.2 Å².